The smallest absolute Gasteiger partial charge is 0.0649 e. The van der Waals surface area contributed by atoms with Crippen LogP contribution in [0.25, 0.3) is 0 Å². The molecule has 0 unspecified atom stereocenters. The zero-order chi connectivity index (χ0) is 9.15. The van der Waals surface area contributed by atoms with E-state index in [0.717, 1.165) is 18.7 Å². The summed E-state index contributed by atoms with van der Waals surface area (Å²) in [4.78, 5) is 8.44. The standard InChI is InChI=1S/C10H14N2O/c1-13-7-4-10(2-3-10)9-8-11-5-6-12-9/h5-6,8H,2-4,7H2,1H3. The number of nitrogens with zero attached hydrogens (tertiary/aromatic N) is 2. The van der Waals surface area contributed by atoms with Gasteiger partial charge < -0.3 is 4.74 Å². The molecular weight excluding hydrogens is 164 g/mol. The van der Waals surface area contributed by atoms with Crippen molar-refractivity contribution in [2.45, 2.75) is 24.7 Å². The van der Waals surface area contributed by atoms with Crippen molar-refractivity contribution in [1.29, 1.82) is 0 Å². The largest absolute Gasteiger partial charge is 0.385 e. The van der Waals surface area contributed by atoms with Gasteiger partial charge in [0, 0.05) is 37.7 Å². The molecule has 13 heavy (non-hydrogen) atoms. The second-order valence-electron chi connectivity index (χ2n) is 3.61. The molecule has 0 bridgehead atoms. The fourth-order valence-electron chi connectivity index (χ4n) is 1.66. The molecule has 0 spiro atoms. The molecule has 2 rings (SSSR count). The van der Waals surface area contributed by atoms with Crippen molar-refractivity contribution < 1.29 is 4.74 Å². The number of hydrogen-bond acceptors (Lipinski definition) is 3. The summed E-state index contributed by atoms with van der Waals surface area (Å²) < 4.78 is 5.09. The molecule has 1 aromatic rings. The van der Waals surface area contributed by atoms with E-state index in [1.54, 1.807) is 19.5 Å². The highest BCUT2D eigenvalue weighted by Crippen LogP contribution is 2.49. The molecule has 0 saturated heterocycles. The highest BCUT2D eigenvalue weighted by atomic mass is 16.5. The van der Waals surface area contributed by atoms with Crippen molar-refractivity contribution in [3.05, 3.63) is 24.3 Å². The maximum absolute atomic E-state index is 5.09. The number of rotatable bonds is 4. The first-order valence-corrected chi connectivity index (χ1v) is 4.63. The highest BCUT2D eigenvalue weighted by Gasteiger charge is 2.45. The lowest BCUT2D eigenvalue weighted by molar-refractivity contribution is 0.184. The third-order valence-electron chi connectivity index (χ3n) is 2.74. The summed E-state index contributed by atoms with van der Waals surface area (Å²) >= 11 is 0. The van der Waals surface area contributed by atoms with E-state index < -0.39 is 0 Å². The Morgan fingerprint density at radius 1 is 1.46 bits per heavy atom. The third kappa shape index (κ3) is 1.70. The average molecular weight is 178 g/mol. The van der Waals surface area contributed by atoms with E-state index in [0.29, 0.717) is 5.41 Å². The van der Waals surface area contributed by atoms with Crippen LogP contribution in [0, 0.1) is 0 Å². The van der Waals surface area contributed by atoms with E-state index in [9.17, 15) is 0 Å². The minimum Gasteiger partial charge on any atom is -0.385 e. The van der Waals surface area contributed by atoms with Gasteiger partial charge in [-0.2, -0.15) is 0 Å². The molecule has 1 saturated carbocycles. The lowest BCUT2D eigenvalue weighted by atomic mass is 9.99. The quantitative estimate of drug-likeness (QED) is 0.701. The molecule has 1 heterocycles. The molecule has 1 aliphatic carbocycles. The zero-order valence-corrected chi connectivity index (χ0v) is 7.86. The number of aromatic nitrogens is 2. The van der Waals surface area contributed by atoms with E-state index in [4.69, 9.17) is 4.74 Å². The highest BCUT2D eigenvalue weighted by molar-refractivity contribution is 5.21. The Labute approximate surface area is 78.2 Å². The van der Waals surface area contributed by atoms with E-state index in [1.807, 2.05) is 6.20 Å². The van der Waals surface area contributed by atoms with Gasteiger partial charge in [-0.25, -0.2) is 0 Å². The van der Waals surface area contributed by atoms with Crippen molar-refractivity contribution in [3.63, 3.8) is 0 Å². The number of ether oxygens (including phenoxy) is 1. The Morgan fingerprint density at radius 2 is 2.31 bits per heavy atom. The molecule has 0 amide bonds. The summed E-state index contributed by atoms with van der Waals surface area (Å²) in [6, 6.07) is 0. The molecular formula is C10H14N2O. The second kappa shape index (κ2) is 3.42. The van der Waals surface area contributed by atoms with Crippen LogP contribution in [-0.4, -0.2) is 23.7 Å². The van der Waals surface area contributed by atoms with Crippen LogP contribution < -0.4 is 0 Å². The van der Waals surface area contributed by atoms with Crippen LogP contribution in [0.1, 0.15) is 25.0 Å². The molecule has 1 fully saturated rings. The minimum absolute atomic E-state index is 0.296. The first kappa shape index (κ1) is 8.63. The normalized spacial score (nSPS) is 18.5. The van der Waals surface area contributed by atoms with Gasteiger partial charge in [-0.05, 0) is 19.3 Å². The van der Waals surface area contributed by atoms with Crippen LogP contribution in [0.3, 0.4) is 0 Å². The topological polar surface area (TPSA) is 35.0 Å². The summed E-state index contributed by atoms with van der Waals surface area (Å²) in [5.74, 6) is 0. The van der Waals surface area contributed by atoms with Gasteiger partial charge >= 0.3 is 0 Å². The Hall–Kier alpha value is -0.960. The molecule has 1 aliphatic rings. The van der Waals surface area contributed by atoms with E-state index in [-0.39, 0.29) is 0 Å². The van der Waals surface area contributed by atoms with Crippen LogP contribution >= 0.6 is 0 Å². The lowest BCUT2D eigenvalue weighted by Crippen LogP contribution is -2.11. The molecule has 0 aliphatic heterocycles. The van der Waals surface area contributed by atoms with Crippen molar-refractivity contribution in [2.75, 3.05) is 13.7 Å². The number of methoxy groups -OCH3 is 1. The summed E-state index contributed by atoms with van der Waals surface area (Å²) in [7, 11) is 1.74. The fourth-order valence-corrected chi connectivity index (χ4v) is 1.66. The Morgan fingerprint density at radius 3 is 2.85 bits per heavy atom. The van der Waals surface area contributed by atoms with Crippen LogP contribution in [0.5, 0.6) is 0 Å². The first-order valence-electron chi connectivity index (χ1n) is 4.63. The summed E-state index contributed by atoms with van der Waals surface area (Å²) in [5, 5.41) is 0. The van der Waals surface area contributed by atoms with Crippen LogP contribution in [0.15, 0.2) is 18.6 Å². The molecule has 3 nitrogen and oxygen atoms in total. The maximum Gasteiger partial charge on any atom is 0.0649 e. The van der Waals surface area contributed by atoms with Crippen LogP contribution in [0.4, 0.5) is 0 Å². The van der Waals surface area contributed by atoms with Crippen molar-refractivity contribution in [3.8, 4) is 0 Å². The summed E-state index contributed by atoms with van der Waals surface area (Å²) in [5.41, 5.74) is 1.43. The summed E-state index contributed by atoms with van der Waals surface area (Å²) in [6.45, 7) is 0.816. The van der Waals surface area contributed by atoms with E-state index in [2.05, 4.69) is 9.97 Å². The SMILES string of the molecule is COCCC1(c2cnccn2)CC1. The lowest BCUT2D eigenvalue weighted by Gasteiger charge is -2.12. The summed E-state index contributed by atoms with van der Waals surface area (Å²) in [6.07, 6.45) is 8.90. The van der Waals surface area contributed by atoms with Gasteiger partial charge in [0.25, 0.3) is 0 Å². The van der Waals surface area contributed by atoms with Gasteiger partial charge in [0.1, 0.15) is 0 Å². The predicted molar refractivity (Wildman–Crippen MR) is 49.4 cm³/mol. The predicted octanol–water partition coefficient (Wildman–Crippen LogP) is 1.54. The number of hydrogen-bond donors (Lipinski definition) is 0. The fraction of sp³-hybridized carbons (Fsp3) is 0.600. The van der Waals surface area contributed by atoms with Crippen molar-refractivity contribution in [1.82, 2.24) is 9.97 Å². The van der Waals surface area contributed by atoms with Gasteiger partial charge in [0.05, 0.1) is 5.69 Å². The van der Waals surface area contributed by atoms with E-state index >= 15 is 0 Å². The molecule has 1 aromatic heterocycles. The average Bonchev–Trinajstić information content (AvgIpc) is 2.97. The first-order chi connectivity index (χ1) is 6.37. The van der Waals surface area contributed by atoms with E-state index in [1.165, 1.54) is 12.8 Å². The Kier molecular flexibility index (Phi) is 2.27. The molecule has 0 atom stereocenters. The van der Waals surface area contributed by atoms with Crippen molar-refractivity contribution in [2.24, 2.45) is 0 Å². The zero-order valence-electron chi connectivity index (χ0n) is 7.86. The van der Waals surface area contributed by atoms with Crippen LogP contribution in [0.2, 0.25) is 0 Å². The molecule has 70 valence electrons. The van der Waals surface area contributed by atoms with Gasteiger partial charge in [-0.3, -0.25) is 9.97 Å². The second-order valence-corrected chi connectivity index (χ2v) is 3.61. The van der Waals surface area contributed by atoms with Gasteiger partial charge in [-0.1, -0.05) is 0 Å². The van der Waals surface area contributed by atoms with Gasteiger partial charge in [0.2, 0.25) is 0 Å². The Balaban J connectivity index is 2.07. The van der Waals surface area contributed by atoms with Crippen LogP contribution in [-0.2, 0) is 10.2 Å². The maximum atomic E-state index is 5.09. The minimum atomic E-state index is 0.296. The molecule has 0 radical (unpaired) electrons. The van der Waals surface area contributed by atoms with Gasteiger partial charge in [0.15, 0.2) is 0 Å². The molecule has 3 heteroatoms. The Bertz CT molecular complexity index is 270. The monoisotopic (exact) mass is 178 g/mol. The third-order valence-corrected chi connectivity index (χ3v) is 2.74. The molecule has 0 N–H and O–H groups in total. The van der Waals surface area contributed by atoms with Gasteiger partial charge in [-0.15, -0.1) is 0 Å². The van der Waals surface area contributed by atoms with Crippen molar-refractivity contribution >= 4 is 0 Å². The molecule has 0 aromatic carbocycles.